The summed E-state index contributed by atoms with van der Waals surface area (Å²) in [4.78, 5) is 0. The summed E-state index contributed by atoms with van der Waals surface area (Å²) in [5.41, 5.74) is 4.82. The van der Waals surface area contributed by atoms with E-state index >= 15 is 0 Å². The van der Waals surface area contributed by atoms with Crippen LogP contribution in [0.2, 0.25) is 5.02 Å². The number of aryl methyl sites for hydroxylation is 1. The Morgan fingerprint density at radius 2 is 1.50 bits per heavy atom. The SMILES string of the molecule is CC=CCCc1ccc(-c2ccc(-c3ccc(OCC)c(Cl)c3F)cc2)cc1. The van der Waals surface area contributed by atoms with E-state index in [1.165, 1.54) is 5.56 Å². The molecule has 0 saturated carbocycles. The topological polar surface area (TPSA) is 9.23 Å². The summed E-state index contributed by atoms with van der Waals surface area (Å²) in [7, 11) is 0. The van der Waals surface area contributed by atoms with Crippen LogP contribution < -0.4 is 4.74 Å². The number of hydrogen-bond donors (Lipinski definition) is 0. The predicted molar refractivity (Wildman–Crippen MR) is 117 cm³/mol. The Hall–Kier alpha value is -2.58. The van der Waals surface area contributed by atoms with Crippen LogP contribution in [0.1, 0.15) is 25.8 Å². The molecular formula is C25H24ClFO. The molecule has 0 aliphatic rings. The van der Waals surface area contributed by atoms with Crippen LogP contribution in [0.25, 0.3) is 22.3 Å². The third kappa shape index (κ3) is 4.63. The Kier molecular flexibility index (Phi) is 6.89. The molecule has 0 fully saturated rings. The molecular weight excluding hydrogens is 371 g/mol. The van der Waals surface area contributed by atoms with E-state index in [-0.39, 0.29) is 5.02 Å². The largest absolute Gasteiger partial charge is 0.492 e. The van der Waals surface area contributed by atoms with Crippen molar-refractivity contribution < 1.29 is 9.13 Å². The summed E-state index contributed by atoms with van der Waals surface area (Å²) in [5, 5.41) is 0.0249. The van der Waals surface area contributed by atoms with Crippen molar-refractivity contribution in [1.29, 1.82) is 0 Å². The average Bonchev–Trinajstić information content (AvgIpc) is 2.73. The van der Waals surface area contributed by atoms with Gasteiger partial charge >= 0.3 is 0 Å². The van der Waals surface area contributed by atoms with Gasteiger partial charge in [-0.3, -0.25) is 0 Å². The van der Waals surface area contributed by atoms with Gasteiger partial charge in [0.1, 0.15) is 10.8 Å². The first-order chi connectivity index (χ1) is 13.6. The van der Waals surface area contributed by atoms with Crippen molar-refractivity contribution in [2.24, 2.45) is 0 Å². The molecule has 0 heterocycles. The summed E-state index contributed by atoms with van der Waals surface area (Å²) in [6.07, 6.45) is 6.36. The fourth-order valence-corrected chi connectivity index (χ4v) is 3.36. The van der Waals surface area contributed by atoms with Gasteiger partial charge in [0.05, 0.1) is 6.61 Å². The number of rotatable bonds is 7. The summed E-state index contributed by atoms with van der Waals surface area (Å²) in [6.45, 7) is 4.33. The molecule has 0 N–H and O–H groups in total. The van der Waals surface area contributed by atoms with Crippen molar-refractivity contribution in [3.8, 4) is 28.0 Å². The highest BCUT2D eigenvalue weighted by atomic mass is 35.5. The lowest BCUT2D eigenvalue weighted by atomic mass is 9.98. The molecule has 0 spiro atoms. The molecule has 0 amide bonds. The number of ether oxygens (including phenoxy) is 1. The second-order valence-electron chi connectivity index (χ2n) is 6.55. The molecule has 0 aliphatic carbocycles. The highest BCUT2D eigenvalue weighted by molar-refractivity contribution is 6.32. The molecule has 0 aromatic heterocycles. The van der Waals surface area contributed by atoms with Gasteiger partial charge in [0, 0.05) is 5.56 Å². The molecule has 28 heavy (non-hydrogen) atoms. The molecule has 3 aromatic carbocycles. The smallest absolute Gasteiger partial charge is 0.153 e. The third-order valence-electron chi connectivity index (χ3n) is 4.67. The van der Waals surface area contributed by atoms with E-state index in [0.717, 1.165) is 29.5 Å². The zero-order valence-corrected chi connectivity index (χ0v) is 17.0. The van der Waals surface area contributed by atoms with E-state index in [9.17, 15) is 4.39 Å². The van der Waals surface area contributed by atoms with Crippen molar-refractivity contribution in [1.82, 2.24) is 0 Å². The minimum absolute atomic E-state index is 0.0249. The first kappa shape index (κ1) is 20.2. The zero-order chi connectivity index (χ0) is 19.9. The van der Waals surface area contributed by atoms with Gasteiger partial charge in [0.25, 0.3) is 0 Å². The van der Waals surface area contributed by atoms with Crippen LogP contribution in [0.4, 0.5) is 4.39 Å². The van der Waals surface area contributed by atoms with E-state index < -0.39 is 5.82 Å². The maximum Gasteiger partial charge on any atom is 0.153 e. The van der Waals surface area contributed by atoms with Crippen molar-refractivity contribution >= 4 is 11.6 Å². The van der Waals surface area contributed by atoms with Crippen LogP contribution >= 0.6 is 11.6 Å². The normalized spacial score (nSPS) is 11.1. The van der Waals surface area contributed by atoms with Crippen LogP contribution in [-0.4, -0.2) is 6.61 Å². The highest BCUT2D eigenvalue weighted by Crippen LogP contribution is 2.35. The molecule has 3 rings (SSSR count). The predicted octanol–water partition coefficient (Wildman–Crippen LogP) is 7.72. The quantitative estimate of drug-likeness (QED) is 0.372. The van der Waals surface area contributed by atoms with Gasteiger partial charge in [-0.05, 0) is 61.1 Å². The van der Waals surface area contributed by atoms with Gasteiger partial charge < -0.3 is 4.74 Å². The van der Waals surface area contributed by atoms with Gasteiger partial charge in [-0.1, -0.05) is 72.3 Å². The first-order valence-electron chi connectivity index (χ1n) is 9.55. The fourth-order valence-electron chi connectivity index (χ4n) is 3.14. The second kappa shape index (κ2) is 9.57. The van der Waals surface area contributed by atoms with Crippen LogP contribution in [0.5, 0.6) is 5.75 Å². The summed E-state index contributed by atoms with van der Waals surface area (Å²) in [5.74, 6) is -0.0811. The van der Waals surface area contributed by atoms with E-state index in [0.29, 0.717) is 17.9 Å². The van der Waals surface area contributed by atoms with Gasteiger partial charge in [-0.2, -0.15) is 0 Å². The molecule has 3 aromatic rings. The van der Waals surface area contributed by atoms with Gasteiger partial charge in [-0.15, -0.1) is 0 Å². The minimum Gasteiger partial charge on any atom is -0.492 e. The molecule has 0 saturated heterocycles. The number of halogens is 2. The molecule has 0 atom stereocenters. The van der Waals surface area contributed by atoms with Gasteiger partial charge in [0.15, 0.2) is 5.82 Å². The van der Waals surface area contributed by atoms with E-state index in [1.54, 1.807) is 12.1 Å². The third-order valence-corrected chi connectivity index (χ3v) is 5.02. The lowest BCUT2D eigenvalue weighted by Crippen LogP contribution is -1.95. The maximum atomic E-state index is 14.6. The zero-order valence-electron chi connectivity index (χ0n) is 16.2. The van der Waals surface area contributed by atoms with Gasteiger partial charge in [-0.25, -0.2) is 4.39 Å². The van der Waals surface area contributed by atoms with Crippen LogP contribution in [-0.2, 0) is 6.42 Å². The summed E-state index contributed by atoms with van der Waals surface area (Å²) >= 11 is 6.11. The average molecular weight is 395 g/mol. The molecule has 1 nitrogen and oxygen atoms in total. The minimum atomic E-state index is -0.453. The first-order valence-corrected chi connectivity index (χ1v) is 9.93. The van der Waals surface area contributed by atoms with Crippen molar-refractivity contribution in [3.63, 3.8) is 0 Å². The van der Waals surface area contributed by atoms with Gasteiger partial charge in [0.2, 0.25) is 0 Å². The monoisotopic (exact) mass is 394 g/mol. The summed E-state index contributed by atoms with van der Waals surface area (Å²) in [6, 6.07) is 19.9. The van der Waals surface area contributed by atoms with E-state index in [1.807, 2.05) is 38.1 Å². The Labute approximate surface area is 171 Å². The van der Waals surface area contributed by atoms with E-state index in [2.05, 4.69) is 36.4 Å². The lowest BCUT2D eigenvalue weighted by molar-refractivity contribution is 0.338. The number of allylic oxidation sites excluding steroid dienone is 2. The van der Waals surface area contributed by atoms with Crippen LogP contribution in [0.3, 0.4) is 0 Å². The number of hydrogen-bond acceptors (Lipinski definition) is 1. The Morgan fingerprint density at radius 1 is 0.893 bits per heavy atom. The molecule has 0 bridgehead atoms. The van der Waals surface area contributed by atoms with Crippen molar-refractivity contribution in [2.75, 3.05) is 6.61 Å². The highest BCUT2D eigenvalue weighted by Gasteiger charge is 2.14. The second-order valence-corrected chi connectivity index (χ2v) is 6.93. The number of benzene rings is 3. The fraction of sp³-hybridized carbons (Fsp3) is 0.200. The van der Waals surface area contributed by atoms with E-state index in [4.69, 9.17) is 16.3 Å². The Bertz CT molecular complexity index is 944. The summed E-state index contributed by atoms with van der Waals surface area (Å²) < 4.78 is 20.0. The Balaban J connectivity index is 1.79. The molecule has 0 unspecified atom stereocenters. The molecule has 3 heteroatoms. The van der Waals surface area contributed by atoms with Crippen LogP contribution in [0.15, 0.2) is 72.8 Å². The maximum absolute atomic E-state index is 14.6. The lowest BCUT2D eigenvalue weighted by Gasteiger charge is -2.11. The Morgan fingerprint density at radius 3 is 2.11 bits per heavy atom. The molecule has 0 radical (unpaired) electrons. The van der Waals surface area contributed by atoms with Crippen molar-refractivity contribution in [3.05, 3.63) is 89.2 Å². The molecule has 0 aliphatic heterocycles. The standard InChI is InChI=1S/C25H24ClFO/c1-3-5-6-7-18-8-10-19(11-9-18)20-12-14-21(15-13-20)22-16-17-23(28-4-2)24(26)25(22)27/h3,5,8-17H,4,6-7H2,1-2H3. The van der Waals surface area contributed by atoms with Crippen molar-refractivity contribution in [2.45, 2.75) is 26.7 Å². The molecule has 144 valence electrons. The van der Waals surface area contributed by atoms with Crippen LogP contribution in [0, 0.1) is 5.82 Å².